The van der Waals surface area contributed by atoms with Gasteiger partial charge in [0.05, 0.1) is 22.4 Å². The number of rotatable bonds is 3. The molecule has 0 radical (unpaired) electrons. The molecule has 1 aromatic rings. The van der Waals surface area contributed by atoms with Gasteiger partial charge in [-0.15, -0.1) is 0 Å². The molecule has 0 bridgehead atoms. The Morgan fingerprint density at radius 1 is 0.955 bits per heavy atom. The Hall–Kier alpha value is -1.93. The lowest BCUT2D eigenvalue weighted by molar-refractivity contribution is -0.143. The molecule has 9 heteroatoms. The lowest BCUT2D eigenvalue weighted by atomic mass is 9.98. The van der Waals surface area contributed by atoms with Crippen LogP contribution in [0.15, 0.2) is 23.4 Å². The van der Waals surface area contributed by atoms with Crippen LogP contribution in [0.3, 0.4) is 0 Å². The maximum atomic E-state index is 12.7. The van der Waals surface area contributed by atoms with Crippen molar-refractivity contribution in [2.45, 2.75) is 38.7 Å². The summed E-state index contributed by atoms with van der Waals surface area (Å²) in [5, 5.41) is 14.1. The summed E-state index contributed by atoms with van der Waals surface area (Å²) < 4.78 is 76.4. The SMILES string of the molecule is C/C(=N/O)C(C)(C)Nc1cc(C(F)(F)F)cc(C(F)(F)F)c1. The number of hydrogen-bond acceptors (Lipinski definition) is 3. The molecule has 0 aliphatic rings. The van der Waals surface area contributed by atoms with Gasteiger partial charge in [0, 0.05) is 5.69 Å². The van der Waals surface area contributed by atoms with E-state index in [1.807, 2.05) is 0 Å². The minimum absolute atomic E-state index is 0.0468. The zero-order chi connectivity index (χ0) is 17.3. The smallest absolute Gasteiger partial charge is 0.411 e. The number of hydrogen-bond donors (Lipinski definition) is 2. The van der Waals surface area contributed by atoms with Crippen LogP contribution in [0.2, 0.25) is 0 Å². The fraction of sp³-hybridized carbons (Fsp3) is 0.462. The Labute approximate surface area is 122 Å². The minimum Gasteiger partial charge on any atom is -0.411 e. The second-order valence-electron chi connectivity index (χ2n) is 5.23. The number of oxime groups is 1. The molecule has 22 heavy (non-hydrogen) atoms. The van der Waals surface area contributed by atoms with Gasteiger partial charge in [0.1, 0.15) is 0 Å². The van der Waals surface area contributed by atoms with Gasteiger partial charge in [-0.3, -0.25) is 0 Å². The predicted molar refractivity (Wildman–Crippen MR) is 69.0 cm³/mol. The Balaban J connectivity index is 3.37. The number of benzene rings is 1. The van der Waals surface area contributed by atoms with Crippen LogP contribution in [0.5, 0.6) is 0 Å². The molecule has 0 heterocycles. The van der Waals surface area contributed by atoms with Gasteiger partial charge in [-0.25, -0.2) is 0 Å². The van der Waals surface area contributed by atoms with Crippen molar-refractivity contribution in [3.05, 3.63) is 29.3 Å². The maximum Gasteiger partial charge on any atom is 0.416 e. The van der Waals surface area contributed by atoms with Crippen LogP contribution < -0.4 is 5.32 Å². The summed E-state index contributed by atoms with van der Waals surface area (Å²) in [6, 6.07) is 1.19. The summed E-state index contributed by atoms with van der Waals surface area (Å²) in [6.07, 6.45) is -9.83. The molecule has 1 rings (SSSR count). The third-order valence-corrected chi connectivity index (χ3v) is 3.10. The van der Waals surface area contributed by atoms with Crippen molar-refractivity contribution >= 4 is 11.4 Å². The first-order valence-electron chi connectivity index (χ1n) is 6.04. The molecule has 0 fully saturated rings. The summed E-state index contributed by atoms with van der Waals surface area (Å²) >= 11 is 0. The second kappa shape index (κ2) is 5.69. The molecule has 0 saturated heterocycles. The third-order valence-electron chi connectivity index (χ3n) is 3.10. The van der Waals surface area contributed by atoms with E-state index < -0.39 is 29.0 Å². The van der Waals surface area contributed by atoms with Crippen LogP contribution in [0.25, 0.3) is 0 Å². The normalized spacial score (nSPS) is 14.1. The van der Waals surface area contributed by atoms with Gasteiger partial charge in [-0.05, 0) is 39.0 Å². The molecule has 1 aromatic carbocycles. The van der Waals surface area contributed by atoms with E-state index in [1.54, 1.807) is 0 Å². The molecular weight excluding hydrogens is 314 g/mol. The summed E-state index contributed by atoms with van der Waals surface area (Å²) in [6.45, 7) is 4.29. The van der Waals surface area contributed by atoms with Crippen molar-refractivity contribution in [3.8, 4) is 0 Å². The van der Waals surface area contributed by atoms with Crippen molar-refractivity contribution in [1.29, 1.82) is 0 Å². The highest BCUT2D eigenvalue weighted by molar-refractivity contribution is 5.92. The van der Waals surface area contributed by atoms with Crippen LogP contribution in [0.4, 0.5) is 32.0 Å². The van der Waals surface area contributed by atoms with E-state index in [0.717, 1.165) is 0 Å². The molecule has 0 unspecified atom stereocenters. The van der Waals surface area contributed by atoms with E-state index in [0.29, 0.717) is 12.1 Å². The quantitative estimate of drug-likeness (QED) is 0.363. The molecule has 0 aromatic heterocycles. The first kappa shape index (κ1) is 18.1. The van der Waals surface area contributed by atoms with Gasteiger partial charge in [0.15, 0.2) is 0 Å². The molecule has 0 aliphatic carbocycles. The summed E-state index contributed by atoms with van der Waals surface area (Å²) in [7, 11) is 0. The highest BCUT2D eigenvalue weighted by Gasteiger charge is 2.37. The van der Waals surface area contributed by atoms with Crippen molar-refractivity contribution in [2.24, 2.45) is 5.16 Å². The molecule has 124 valence electrons. The molecule has 0 amide bonds. The van der Waals surface area contributed by atoms with Crippen molar-refractivity contribution < 1.29 is 31.5 Å². The van der Waals surface area contributed by atoms with Crippen LogP contribution >= 0.6 is 0 Å². The molecule has 0 saturated carbocycles. The van der Waals surface area contributed by atoms with Gasteiger partial charge in [0.2, 0.25) is 0 Å². The largest absolute Gasteiger partial charge is 0.416 e. The first-order valence-corrected chi connectivity index (χ1v) is 6.04. The predicted octanol–water partition coefficient (Wildman–Crippen LogP) is 4.76. The maximum absolute atomic E-state index is 12.7. The Bertz CT molecular complexity index is 543. The molecule has 0 spiro atoms. The second-order valence-corrected chi connectivity index (χ2v) is 5.23. The molecule has 2 N–H and O–H groups in total. The number of anilines is 1. The zero-order valence-electron chi connectivity index (χ0n) is 11.9. The van der Waals surface area contributed by atoms with Crippen LogP contribution in [0.1, 0.15) is 31.9 Å². The van der Waals surface area contributed by atoms with E-state index in [2.05, 4.69) is 10.5 Å². The van der Waals surface area contributed by atoms with Crippen molar-refractivity contribution in [2.75, 3.05) is 5.32 Å². The number of alkyl halides is 6. The van der Waals surface area contributed by atoms with Crippen LogP contribution in [-0.4, -0.2) is 16.5 Å². The van der Waals surface area contributed by atoms with Crippen LogP contribution in [0, 0.1) is 0 Å². The number of nitrogens with zero attached hydrogens (tertiary/aromatic N) is 1. The Morgan fingerprint density at radius 3 is 1.68 bits per heavy atom. The fourth-order valence-corrected chi connectivity index (χ4v) is 1.60. The standard InChI is InChI=1S/C13H14F6N2O/c1-7(21-22)11(2,3)20-10-5-8(12(14,15)16)4-9(6-10)13(17,18)19/h4-6,20,22H,1-3H3/b21-7-. The van der Waals surface area contributed by atoms with Gasteiger partial charge in [0.25, 0.3) is 0 Å². The molecule has 0 atom stereocenters. The summed E-state index contributed by atoms with van der Waals surface area (Å²) in [5.74, 6) is 0. The summed E-state index contributed by atoms with van der Waals surface area (Å²) in [4.78, 5) is 0. The van der Waals surface area contributed by atoms with E-state index in [1.165, 1.54) is 20.8 Å². The average Bonchev–Trinajstić information content (AvgIpc) is 2.34. The van der Waals surface area contributed by atoms with Gasteiger partial charge >= 0.3 is 12.4 Å². The molecule has 0 aliphatic heterocycles. The zero-order valence-corrected chi connectivity index (χ0v) is 11.9. The van der Waals surface area contributed by atoms with Crippen molar-refractivity contribution in [1.82, 2.24) is 0 Å². The first-order chi connectivity index (χ1) is 9.77. The lowest BCUT2D eigenvalue weighted by Crippen LogP contribution is -2.38. The van der Waals surface area contributed by atoms with E-state index in [-0.39, 0.29) is 17.5 Å². The van der Waals surface area contributed by atoms with Gasteiger partial charge in [-0.2, -0.15) is 26.3 Å². The van der Waals surface area contributed by atoms with Crippen molar-refractivity contribution in [3.63, 3.8) is 0 Å². The van der Waals surface area contributed by atoms with Gasteiger partial charge in [-0.1, -0.05) is 5.16 Å². The fourth-order valence-electron chi connectivity index (χ4n) is 1.60. The van der Waals surface area contributed by atoms with Gasteiger partial charge < -0.3 is 10.5 Å². The monoisotopic (exact) mass is 328 g/mol. The third kappa shape index (κ3) is 4.28. The van der Waals surface area contributed by atoms with Crippen LogP contribution in [-0.2, 0) is 12.4 Å². The molecule has 3 nitrogen and oxygen atoms in total. The van der Waals surface area contributed by atoms with E-state index >= 15 is 0 Å². The topological polar surface area (TPSA) is 44.6 Å². The minimum atomic E-state index is -4.91. The summed E-state index contributed by atoms with van der Waals surface area (Å²) in [5.41, 5.74) is -4.26. The number of nitrogens with one attached hydrogen (secondary N) is 1. The molecular formula is C13H14F6N2O. The average molecular weight is 328 g/mol. The highest BCUT2D eigenvalue weighted by atomic mass is 19.4. The highest BCUT2D eigenvalue weighted by Crippen LogP contribution is 2.38. The number of halogens is 6. The lowest BCUT2D eigenvalue weighted by Gasteiger charge is -2.27. The Kier molecular flexibility index (Phi) is 4.69. The Morgan fingerprint density at radius 2 is 1.36 bits per heavy atom. The van der Waals surface area contributed by atoms with E-state index in [4.69, 9.17) is 5.21 Å². The van der Waals surface area contributed by atoms with E-state index in [9.17, 15) is 26.3 Å².